The van der Waals surface area contributed by atoms with E-state index in [1.54, 1.807) is 18.4 Å². The fourth-order valence-electron chi connectivity index (χ4n) is 1.20. The molecular formula is C10H19N5OS. The van der Waals surface area contributed by atoms with Crippen LogP contribution in [0.25, 0.3) is 0 Å². The summed E-state index contributed by atoms with van der Waals surface area (Å²) in [4.78, 5) is 9.66. The summed E-state index contributed by atoms with van der Waals surface area (Å²) in [7, 11) is 1.68. The largest absolute Gasteiger partial charge is 0.385 e. The second-order valence-corrected chi connectivity index (χ2v) is 4.38. The lowest BCUT2D eigenvalue weighted by atomic mass is 10.4. The number of hydrazine groups is 1. The highest BCUT2D eigenvalue weighted by Gasteiger charge is 2.01. The molecule has 96 valence electrons. The number of methoxy groups -OCH3 is 1. The van der Waals surface area contributed by atoms with Crippen molar-refractivity contribution in [1.82, 2.24) is 15.7 Å². The maximum Gasteiger partial charge on any atom is 0.206 e. The average Bonchev–Trinajstić information content (AvgIpc) is 2.74. The van der Waals surface area contributed by atoms with E-state index in [1.807, 2.05) is 12.4 Å². The summed E-state index contributed by atoms with van der Waals surface area (Å²) in [5.74, 6) is 5.97. The molecule has 0 fully saturated rings. The van der Waals surface area contributed by atoms with Crippen LogP contribution in [-0.2, 0) is 11.3 Å². The highest BCUT2D eigenvalue weighted by Crippen LogP contribution is 2.12. The summed E-state index contributed by atoms with van der Waals surface area (Å²) in [6, 6.07) is 0. The van der Waals surface area contributed by atoms with Crippen LogP contribution in [0.2, 0.25) is 0 Å². The molecule has 0 spiro atoms. The Bertz CT molecular complexity index is 352. The standard InChI is InChI=1S/C10H19N5OS/c1-8-9(17-7-14-8)6-13-10(15-11)12-4-3-5-16-2/h7H,3-6,11H2,1-2H3,(H2,12,13,15). The number of nitrogens with two attached hydrogens (primary N) is 1. The summed E-state index contributed by atoms with van der Waals surface area (Å²) in [5, 5.41) is 3.10. The molecule has 0 aliphatic heterocycles. The molecule has 0 amide bonds. The van der Waals surface area contributed by atoms with E-state index in [2.05, 4.69) is 20.7 Å². The number of aromatic nitrogens is 1. The summed E-state index contributed by atoms with van der Waals surface area (Å²) in [5.41, 5.74) is 5.39. The van der Waals surface area contributed by atoms with Gasteiger partial charge in [0.15, 0.2) is 0 Å². The smallest absolute Gasteiger partial charge is 0.206 e. The fraction of sp³-hybridized carbons (Fsp3) is 0.600. The van der Waals surface area contributed by atoms with Gasteiger partial charge in [-0.15, -0.1) is 11.3 Å². The van der Waals surface area contributed by atoms with Crippen LogP contribution in [0.1, 0.15) is 17.0 Å². The molecule has 6 nitrogen and oxygen atoms in total. The van der Waals surface area contributed by atoms with Gasteiger partial charge in [0.1, 0.15) is 0 Å². The van der Waals surface area contributed by atoms with Gasteiger partial charge in [-0.2, -0.15) is 0 Å². The van der Waals surface area contributed by atoms with Crippen LogP contribution in [-0.4, -0.2) is 31.2 Å². The normalized spacial score (nSPS) is 11.6. The first kappa shape index (κ1) is 13.9. The molecule has 0 atom stereocenters. The van der Waals surface area contributed by atoms with Crippen molar-refractivity contribution in [2.75, 3.05) is 20.3 Å². The molecular weight excluding hydrogens is 238 g/mol. The van der Waals surface area contributed by atoms with Crippen molar-refractivity contribution in [3.05, 3.63) is 16.1 Å². The molecule has 0 unspecified atom stereocenters. The molecule has 4 N–H and O–H groups in total. The molecule has 1 aromatic rings. The Labute approximate surface area is 105 Å². The number of nitrogens with one attached hydrogen (secondary N) is 2. The van der Waals surface area contributed by atoms with Gasteiger partial charge in [-0.1, -0.05) is 0 Å². The summed E-state index contributed by atoms with van der Waals surface area (Å²) < 4.78 is 4.95. The molecule has 17 heavy (non-hydrogen) atoms. The van der Waals surface area contributed by atoms with E-state index in [1.165, 1.54) is 0 Å². The molecule has 0 radical (unpaired) electrons. The molecule has 0 aliphatic rings. The van der Waals surface area contributed by atoms with Crippen LogP contribution in [0.15, 0.2) is 10.5 Å². The molecule has 0 aliphatic carbocycles. The maximum absolute atomic E-state index is 5.38. The first-order chi connectivity index (χ1) is 8.27. The molecule has 0 bridgehead atoms. The lowest BCUT2D eigenvalue weighted by Crippen LogP contribution is -2.42. The minimum atomic E-state index is 0.591. The zero-order valence-electron chi connectivity index (χ0n) is 10.2. The van der Waals surface area contributed by atoms with E-state index in [4.69, 9.17) is 10.6 Å². The van der Waals surface area contributed by atoms with Crippen molar-refractivity contribution in [2.24, 2.45) is 10.8 Å². The zero-order chi connectivity index (χ0) is 12.5. The molecule has 0 aromatic carbocycles. The van der Waals surface area contributed by atoms with Crippen LogP contribution in [0.3, 0.4) is 0 Å². The number of ether oxygens (including phenoxy) is 1. The van der Waals surface area contributed by atoms with E-state index < -0.39 is 0 Å². The Kier molecular flexibility index (Phi) is 6.53. The molecule has 0 saturated carbocycles. The van der Waals surface area contributed by atoms with Crippen molar-refractivity contribution in [3.63, 3.8) is 0 Å². The Balaban J connectivity index is 2.36. The monoisotopic (exact) mass is 257 g/mol. The third kappa shape index (κ3) is 5.12. The van der Waals surface area contributed by atoms with Gasteiger partial charge in [-0.3, -0.25) is 5.43 Å². The molecule has 1 aromatic heterocycles. The lowest BCUT2D eigenvalue weighted by molar-refractivity contribution is 0.195. The average molecular weight is 257 g/mol. The topological polar surface area (TPSA) is 84.6 Å². The fourth-order valence-corrected chi connectivity index (χ4v) is 1.91. The molecule has 0 saturated heterocycles. The van der Waals surface area contributed by atoms with Crippen molar-refractivity contribution < 1.29 is 4.74 Å². The number of rotatable bonds is 6. The molecule has 7 heteroatoms. The second-order valence-electron chi connectivity index (χ2n) is 3.44. The predicted octanol–water partition coefficient (Wildman–Crippen LogP) is 0.397. The lowest BCUT2D eigenvalue weighted by Gasteiger charge is -2.08. The van der Waals surface area contributed by atoms with Crippen molar-refractivity contribution in [1.29, 1.82) is 0 Å². The van der Waals surface area contributed by atoms with Crippen LogP contribution >= 0.6 is 11.3 Å². The summed E-state index contributed by atoms with van der Waals surface area (Å²) in [6.07, 6.45) is 0.913. The highest BCUT2D eigenvalue weighted by atomic mass is 32.1. The number of hydrogen-bond acceptors (Lipinski definition) is 5. The van der Waals surface area contributed by atoms with Crippen molar-refractivity contribution in [3.8, 4) is 0 Å². The number of aliphatic imine (C=N–C) groups is 1. The minimum absolute atomic E-state index is 0.591. The van der Waals surface area contributed by atoms with Gasteiger partial charge in [-0.25, -0.2) is 15.8 Å². The van der Waals surface area contributed by atoms with Crippen LogP contribution in [0, 0.1) is 6.92 Å². The number of nitrogens with zero attached hydrogens (tertiary/aromatic N) is 2. The van der Waals surface area contributed by atoms with Gasteiger partial charge in [0, 0.05) is 25.1 Å². The SMILES string of the molecule is COCCCNC(=NCc1scnc1C)NN. The van der Waals surface area contributed by atoms with Gasteiger partial charge in [0.2, 0.25) is 5.96 Å². The van der Waals surface area contributed by atoms with Crippen LogP contribution < -0.4 is 16.6 Å². The maximum atomic E-state index is 5.38. The predicted molar refractivity (Wildman–Crippen MR) is 69.8 cm³/mol. The summed E-state index contributed by atoms with van der Waals surface area (Å²) >= 11 is 1.60. The highest BCUT2D eigenvalue weighted by molar-refractivity contribution is 7.09. The quantitative estimate of drug-likeness (QED) is 0.226. The summed E-state index contributed by atoms with van der Waals surface area (Å²) in [6.45, 7) is 4.06. The van der Waals surface area contributed by atoms with Gasteiger partial charge < -0.3 is 10.1 Å². The van der Waals surface area contributed by atoms with E-state index in [-0.39, 0.29) is 0 Å². The van der Waals surface area contributed by atoms with Gasteiger partial charge in [0.05, 0.1) is 17.7 Å². The third-order valence-corrected chi connectivity index (χ3v) is 3.10. The van der Waals surface area contributed by atoms with Crippen LogP contribution in [0.5, 0.6) is 0 Å². The Morgan fingerprint density at radius 2 is 2.47 bits per heavy atom. The molecule has 1 rings (SSSR count). The van der Waals surface area contributed by atoms with Crippen molar-refractivity contribution in [2.45, 2.75) is 19.9 Å². The van der Waals surface area contributed by atoms with Gasteiger partial charge in [0.25, 0.3) is 0 Å². The minimum Gasteiger partial charge on any atom is -0.385 e. The zero-order valence-corrected chi connectivity index (χ0v) is 11.0. The number of aryl methyl sites for hydroxylation is 1. The number of thiazole rings is 1. The molecule has 1 heterocycles. The second kappa shape index (κ2) is 7.99. The number of hydrogen-bond donors (Lipinski definition) is 3. The number of guanidine groups is 1. The van der Waals surface area contributed by atoms with E-state index in [0.29, 0.717) is 12.5 Å². The van der Waals surface area contributed by atoms with Crippen LogP contribution in [0.4, 0.5) is 0 Å². The first-order valence-electron chi connectivity index (χ1n) is 5.40. The van der Waals surface area contributed by atoms with Gasteiger partial charge >= 0.3 is 0 Å². The Morgan fingerprint density at radius 1 is 1.65 bits per heavy atom. The van der Waals surface area contributed by atoms with E-state index >= 15 is 0 Å². The first-order valence-corrected chi connectivity index (χ1v) is 6.28. The van der Waals surface area contributed by atoms with Crippen molar-refractivity contribution >= 4 is 17.3 Å². The Hall–Kier alpha value is -1.18. The van der Waals surface area contributed by atoms with E-state index in [0.717, 1.165) is 30.1 Å². The van der Waals surface area contributed by atoms with Gasteiger partial charge in [-0.05, 0) is 13.3 Å². The Morgan fingerprint density at radius 3 is 3.06 bits per heavy atom. The van der Waals surface area contributed by atoms with E-state index in [9.17, 15) is 0 Å². The third-order valence-electron chi connectivity index (χ3n) is 2.18.